The first kappa shape index (κ1) is 13.8. The van der Waals surface area contributed by atoms with Crippen LogP contribution in [0, 0.1) is 5.92 Å². The monoisotopic (exact) mass is 267 g/mol. The Morgan fingerprint density at radius 3 is 2.79 bits per heavy atom. The molecule has 4 nitrogen and oxygen atoms in total. The number of rotatable bonds is 4. The summed E-state index contributed by atoms with van der Waals surface area (Å²) in [7, 11) is 2.10. The number of hydrogen-bond acceptors (Lipinski definition) is 4. The minimum absolute atomic E-state index is 0.652. The van der Waals surface area contributed by atoms with Crippen LogP contribution in [0.2, 0.25) is 0 Å². The summed E-state index contributed by atoms with van der Waals surface area (Å²) in [5, 5.41) is 3.48. The second-order valence-electron chi connectivity index (χ2n) is 6.46. The number of likely N-dealkylation sites (tertiary alicyclic amines) is 2. The zero-order chi connectivity index (χ0) is 13.1. The molecule has 3 atom stereocenters. The van der Waals surface area contributed by atoms with Crippen molar-refractivity contribution < 1.29 is 4.74 Å². The summed E-state index contributed by atoms with van der Waals surface area (Å²) in [6.45, 7) is 8.33. The maximum absolute atomic E-state index is 5.67. The summed E-state index contributed by atoms with van der Waals surface area (Å²) in [4.78, 5) is 5.39. The first-order valence-electron chi connectivity index (χ1n) is 8.08. The van der Waals surface area contributed by atoms with E-state index in [4.69, 9.17) is 4.74 Å². The molecule has 3 fully saturated rings. The fraction of sp³-hybridized carbons (Fsp3) is 1.00. The molecule has 3 saturated heterocycles. The lowest BCUT2D eigenvalue weighted by atomic mass is 9.95. The molecule has 3 heterocycles. The van der Waals surface area contributed by atoms with Crippen molar-refractivity contribution in [2.75, 3.05) is 53.0 Å². The molecule has 1 N–H and O–H groups in total. The van der Waals surface area contributed by atoms with Crippen molar-refractivity contribution in [2.45, 2.75) is 37.8 Å². The van der Waals surface area contributed by atoms with E-state index in [0.717, 1.165) is 19.3 Å². The Bertz CT molecular complexity index is 281. The number of ether oxygens (including phenoxy) is 1. The van der Waals surface area contributed by atoms with E-state index in [9.17, 15) is 0 Å². The van der Waals surface area contributed by atoms with Gasteiger partial charge in [0.2, 0.25) is 0 Å². The van der Waals surface area contributed by atoms with Crippen molar-refractivity contribution >= 4 is 0 Å². The average Bonchev–Trinajstić information content (AvgIpc) is 3.09. The molecule has 110 valence electrons. The van der Waals surface area contributed by atoms with Crippen LogP contribution >= 0.6 is 0 Å². The summed E-state index contributed by atoms with van der Waals surface area (Å²) in [6.07, 6.45) is 5.37. The van der Waals surface area contributed by atoms with Crippen LogP contribution in [-0.4, -0.2) is 74.9 Å². The van der Waals surface area contributed by atoms with Gasteiger partial charge in [-0.25, -0.2) is 0 Å². The molecule has 0 aliphatic carbocycles. The second kappa shape index (κ2) is 6.53. The molecule has 0 aromatic rings. The topological polar surface area (TPSA) is 27.7 Å². The van der Waals surface area contributed by atoms with E-state index in [1.807, 2.05) is 0 Å². The molecule has 4 heteroatoms. The van der Waals surface area contributed by atoms with Gasteiger partial charge in [0.15, 0.2) is 0 Å². The van der Waals surface area contributed by atoms with Crippen molar-refractivity contribution in [2.24, 2.45) is 5.92 Å². The Labute approximate surface area is 117 Å². The van der Waals surface area contributed by atoms with Crippen LogP contribution in [-0.2, 0) is 4.74 Å². The Hall–Kier alpha value is -0.160. The largest absolute Gasteiger partial charge is 0.381 e. The standard InChI is InChI=1S/C15H29N3O/c1-16-15-5-9-19-12-13(15)10-17-8-4-14(11-17)18-6-2-3-7-18/h13-16H,2-12H2,1H3. The maximum Gasteiger partial charge on any atom is 0.0521 e. The van der Waals surface area contributed by atoms with E-state index < -0.39 is 0 Å². The molecule has 3 aliphatic rings. The summed E-state index contributed by atoms with van der Waals surface area (Å²) in [5.41, 5.74) is 0. The van der Waals surface area contributed by atoms with Gasteiger partial charge in [-0.05, 0) is 52.4 Å². The number of nitrogens with one attached hydrogen (secondary N) is 1. The highest BCUT2D eigenvalue weighted by Gasteiger charge is 2.32. The minimum Gasteiger partial charge on any atom is -0.381 e. The molecular formula is C15H29N3O. The van der Waals surface area contributed by atoms with Gasteiger partial charge < -0.3 is 15.0 Å². The lowest BCUT2D eigenvalue weighted by Gasteiger charge is -2.34. The van der Waals surface area contributed by atoms with E-state index in [1.54, 1.807) is 0 Å². The number of hydrogen-bond donors (Lipinski definition) is 1. The van der Waals surface area contributed by atoms with E-state index in [0.29, 0.717) is 12.0 Å². The highest BCUT2D eigenvalue weighted by molar-refractivity contribution is 4.88. The van der Waals surface area contributed by atoms with E-state index in [-0.39, 0.29) is 0 Å². The van der Waals surface area contributed by atoms with Crippen LogP contribution in [0.3, 0.4) is 0 Å². The summed E-state index contributed by atoms with van der Waals surface area (Å²) in [5.74, 6) is 0.677. The average molecular weight is 267 g/mol. The molecule has 3 aliphatic heterocycles. The molecule has 19 heavy (non-hydrogen) atoms. The van der Waals surface area contributed by atoms with Crippen molar-refractivity contribution in [3.05, 3.63) is 0 Å². The lowest BCUT2D eigenvalue weighted by molar-refractivity contribution is 0.0206. The van der Waals surface area contributed by atoms with Crippen LogP contribution in [0.1, 0.15) is 25.7 Å². The van der Waals surface area contributed by atoms with Gasteiger partial charge in [-0.15, -0.1) is 0 Å². The van der Waals surface area contributed by atoms with Gasteiger partial charge in [0.05, 0.1) is 6.61 Å². The zero-order valence-electron chi connectivity index (χ0n) is 12.3. The van der Waals surface area contributed by atoms with Gasteiger partial charge in [0.1, 0.15) is 0 Å². The van der Waals surface area contributed by atoms with Crippen LogP contribution in [0.25, 0.3) is 0 Å². The molecular weight excluding hydrogens is 238 g/mol. The van der Waals surface area contributed by atoms with Gasteiger partial charge in [-0.2, -0.15) is 0 Å². The molecule has 0 spiro atoms. The first-order valence-corrected chi connectivity index (χ1v) is 8.08. The van der Waals surface area contributed by atoms with Gasteiger partial charge in [0, 0.05) is 37.7 Å². The maximum atomic E-state index is 5.67. The molecule has 0 bridgehead atoms. The van der Waals surface area contributed by atoms with E-state index >= 15 is 0 Å². The Morgan fingerprint density at radius 1 is 1.16 bits per heavy atom. The van der Waals surface area contributed by atoms with Crippen LogP contribution < -0.4 is 5.32 Å². The molecule has 0 aromatic carbocycles. The molecule has 0 amide bonds. The zero-order valence-corrected chi connectivity index (χ0v) is 12.3. The van der Waals surface area contributed by atoms with Crippen molar-refractivity contribution in [3.63, 3.8) is 0 Å². The highest BCUT2D eigenvalue weighted by atomic mass is 16.5. The van der Waals surface area contributed by atoms with Gasteiger partial charge in [-0.1, -0.05) is 0 Å². The van der Waals surface area contributed by atoms with E-state index in [2.05, 4.69) is 22.2 Å². The van der Waals surface area contributed by atoms with Crippen molar-refractivity contribution in [1.82, 2.24) is 15.1 Å². The smallest absolute Gasteiger partial charge is 0.0521 e. The Morgan fingerprint density at radius 2 is 2.00 bits per heavy atom. The fourth-order valence-corrected chi connectivity index (χ4v) is 4.07. The van der Waals surface area contributed by atoms with Crippen LogP contribution in [0.5, 0.6) is 0 Å². The predicted molar refractivity (Wildman–Crippen MR) is 77.4 cm³/mol. The van der Waals surface area contributed by atoms with Gasteiger partial charge in [0.25, 0.3) is 0 Å². The SMILES string of the molecule is CNC1CCOCC1CN1CCC(N2CCCC2)C1. The van der Waals surface area contributed by atoms with E-state index in [1.165, 1.54) is 58.4 Å². The third kappa shape index (κ3) is 3.30. The molecule has 0 aromatic heterocycles. The minimum atomic E-state index is 0.652. The second-order valence-corrected chi connectivity index (χ2v) is 6.46. The molecule has 3 rings (SSSR count). The van der Waals surface area contributed by atoms with Gasteiger partial charge >= 0.3 is 0 Å². The molecule has 3 unspecified atom stereocenters. The summed E-state index contributed by atoms with van der Waals surface area (Å²) in [6, 6.07) is 1.49. The van der Waals surface area contributed by atoms with Crippen LogP contribution in [0.15, 0.2) is 0 Å². The van der Waals surface area contributed by atoms with Gasteiger partial charge in [-0.3, -0.25) is 4.90 Å². The normalized spacial score (nSPS) is 38.1. The third-order valence-corrected chi connectivity index (χ3v) is 5.24. The predicted octanol–water partition coefficient (Wildman–Crippen LogP) is 0.781. The Kier molecular flexibility index (Phi) is 4.74. The summed E-state index contributed by atoms with van der Waals surface area (Å²) < 4.78 is 5.67. The highest BCUT2D eigenvalue weighted by Crippen LogP contribution is 2.23. The van der Waals surface area contributed by atoms with Crippen LogP contribution in [0.4, 0.5) is 0 Å². The first-order chi connectivity index (χ1) is 9.36. The molecule has 0 saturated carbocycles. The third-order valence-electron chi connectivity index (χ3n) is 5.24. The molecule has 0 radical (unpaired) electrons. The lowest BCUT2D eigenvalue weighted by Crippen LogP contribution is -2.46. The van der Waals surface area contributed by atoms with Crippen molar-refractivity contribution in [3.8, 4) is 0 Å². The quantitative estimate of drug-likeness (QED) is 0.815. The van der Waals surface area contributed by atoms with Crippen molar-refractivity contribution in [1.29, 1.82) is 0 Å². The summed E-state index contributed by atoms with van der Waals surface area (Å²) >= 11 is 0. The number of nitrogens with zero attached hydrogens (tertiary/aromatic N) is 2. The fourth-order valence-electron chi connectivity index (χ4n) is 4.07. The Balaban J connectivity index is 1.47.